The first-order valence-electron chi connectivity index (χ1n) is 6.93. The highest BCUT2D eigenvalue weighted by molar-refractivity contribution is 9.11. The number of aromatic nitrogens is 1. The Morgan fingerprint density at radius 2 is 1.68 bits per heavy atom. The van der Waals surface area contributed by atoms with Crippen LogP contribution in [0.25, 0.3) is 11.3 Å². The highest BCUT2D eigenvalue weighted by Gasteiger charge is 2.21. The van der Waals surface area contributed by atoms with E-state index in [9.17, 15) is 4.79 Å². The number of nitrogens with one attached hydrogen (secondary N) is 1. The van der Waals surface area contributed by atoms with Crippen molar-refractivity contribution < 1.29 is 0 Å². The van der Waals surface area contributed by atoms with Gasteiger partial charge in [-0.25, -0.2) is 0 Å². The second-order valence-electron chi connectivity index (χ2n) is 6.48. The van der Waals surface area contributed by atoms with Gasteiger partial charge < -0.3 is 4.98 Å². The van der Waals surface area contributed by atoms with Gasteiger partial charge >= 0.3 is 0 Å². The number of benzene rings is 1. The Morgan fingerprint density at radius 3 is 2.23 bits per heavy atom. The largest absolute Gasteiger partial charge is 0.357 e. The quantitative estimate of drug-likeness (QED) is 0.560. The average Bonchev–Trinajstić information content (AvgIpc) is 2.41. The van der Waals surface area contributed by atoms with Crippen LogP contribution in [0.15, 0.2) is 25.9 Å². The number of aromatic amines is 1. The Balaban J connectivity index is 2.76. The van der Waals surface area contributed by atoms with Crippen molar-refractivity contribution in [3.63, 3.8) is 0 Å². The van der Waals surface area contributed by atoms with E-state index >= 15 is 0 Å². The van der Waals surface area contributed by atoms with Gasteiger partial charge in [-0.1, -0.05) is 38.4 Å². The Bertz CT molecular complexity index is 804. The van der Waals surface area contributed by atoms with Gasteiger partial charge in [-0.15, -0.1) is 0 Å². The monoisotopic (exact) mass is 445 g/mol. The van der Waals surface area contributed by atoms with Crippen molar-refractivity contribution >= 4 is 43.5 Å². The van der Waals surface area contributed by atoms with Crippen LogP contribution in [-0.2, 0) is 5.41 Å². The topological polar surface area (TPSA) is 32.9 Å². The third-order valence-corrected chi connectivity index (χ3v) is 5.68. The lowest BCUT2D eigenvalue weighted by Gasteiger charge is -2.23. The fourth-order valence-corrected chi connectivity index (χ4v) is 3.91. The van der Waals surface area contributed by atoms with Crippen molar-refractivity contribution in [1.29, 1.82) is 0 Å². The molecular formula is C17H18Br2ClNO. The summed E-state index contributed by atoms with van der Waals surface area (Å²) in [6.45, 7) is 10.3. The zero-order chi connectivity index (χ0) is 16.8. The van der Waals surface area contributed by atoms with E-state index in [2.05, 4.69) is 63.7 Å². The van der Waals surface area contributed by atoms with Gasteiger partial charge in [-0.05, 0) is 68.3 Å². The van der Waals surface area contributed by atoms with E-state index in [1.54, 1.807) is 0 Å². The van der Waals surface area contributed by atoms with Gasteiger partial charge in [-0.3, -0.25) is 4.79 Å². The maximum Gasteiger partial charge on any atom is 0.210 e. The van der Waals surface area contributed by atoms with Crippen LogP contribution in [0.5, 0.6) is 0 Å². The lowest BCUT2D eigenvalue weighted by molar-refractivity contribution is 0.590. The van der Waals surface area contributed by atoms with E-state index in [-0.39, 0.29) is 10.8 Å². The Hall–Kier alpha value is -0.580. The summed E-state index contributed by atoms with van der Waals surface area (Å²) in [6, 6.07) is 4.03. The second-order valence-corrected chi connectivity index (χ2v) is 8.47. The third-order valence-electron chi connectivity index (χ3n) is 3.65. The van der Waals surface area contributed by atoms with Crippen LogP contribution >= 0.6 is 43.5 Å². The minimum atomic E-state index is -0.0679. The normalized spacial score (nSPS) is 11.8. The van der Waals surface area contributed by atoms with E-state index in [1.165, 1.54) is 0 Å². The smallest absolute Gasteiger partial charge is 0.210 e. The van der Waals surface area contributed by atoms with E-state index in [0.717, 1.165) is 28.1 Å². The number of pyridine rings is 1. The molecule has 0 saturated heterocycles. The zero-order valence-electron chi connectivity index (χ0n) is 13.2. The first-order valence-corrected chi connectivity index (χ1v) is 8.89. The summed E-state index contributed by atoms with van der Waals surface area (Å²) < 4.78 is 1.05. The third kappa shape index (κ3) is 3.19. The lowest BCUT2D eigenvalue weighted by atomic mass is 9.85. The van der Waals surface area contributed by atoms with Crippen molar-refractivity contribution in [2.45, 2.75) is 40.0 Å². The van der Waals surface area contributed by atoms with Crippen LogP contribution in [-0.4, -0.2) is 4.98 Å². The summed E-state index contributed by atoms with van der Waals surface area (Å²) in [4.78, 5) is 15.5. The minimum Gasteiger partial charge on any atom is -0.357 e. The Labute approximate surface area is 152 Å². The van der Waals surface area contributed by atoms with Gasteiger partial charge in [0.25, 0.3) is 0 Å². The molecule has 0 radical (unpaired) electrons. The molecule has 0 atom stereocenters. The molecule has 0 bridgehead atoms. The van der Waals surface area contributed by atoms with Crippen LogP contribution in [0.1, 0.15) is 37.6 Å². The molecular weight excluding hydrogens is 429 g/mol. The van der Waals surface area contributed by atoms with Crippen LogP contribution in [0.2, 0.25) is 5.02 Å². The average molecular weight is 448 g/mol. The molecule has 2 rings (SSSR count). The molecule has 0 fully saturated rings. The zero-order valence-corrected chi connectivity index (χ0v) is 17.1. The molecule has 0 amide bonds. The molecule has 0 saturated carbocycles. The molecule has 0 unspecified atom stereocenters. The van der Waals surface area contributed by atoms with Crippen molar-refractivity contribution in [2.24, 2.45) is 0 Å². The van der Waals surface area contributed by atoms with Crippen LogP contribution in [0, 0.1) is 13.8 Å². The van der Waals surface area contributed by atoms with Crippen molar-refractivity contribution in [3.8, 4) is 11.3 Å². The van der Waals surface area contributed by atoms with Crippen LogP contribution in [0.4, 0.5) is 0 Å². The standard InChI is InChI=1S/C17H18Br2ClNO/c1-8-6-11(17(3,4)5)12(20)7-10(8)15-14(19)16(22)13(18)9(2)21-15/h6-7H,1-5H3,(H,21,22). The molecule has 22 heavy (non-hydrogen) atoms. The minimum absolute atomic E-state index is 0.0271. The van der Waals surface area contributed by atoms with Gasteiger partial charge in [0.1, 0.15) is 0 Å². The summed E-state index contributed by atoms with van der Waals surface area (Å²) in [5, 5.41) is 0.710. The van der Waals surface area contributed by atoms with E-state index < -0.39 is 0 Å². The highest BCUT2D eigenvalue weighted by atomic mass is 79.9. The van der Waals surface area contributed by atoms with E-state index in [4.69, 9.17) is 11.6 Å². The molecule has 0 aliphatic carbocycles. The summed E-state index contributed by atoms with van der Waals surface area (Å²) in [7, 11) is 0. The number of aryl methyl sites for hydroxylation is 2. The number of hydrogen-bond donors (Lipinski definition) is 1. The van der Waals surface area contributed by atoms with Gasteiger partial charge in [0, 0.05) is 16.3 Å². The fraction of sp³-hybridized carbons (Fsp3) is 0.353. The van der Waals surface area contributed by atoms with Gasteiger partial charge in [0.05, 0.1) is 14.6 Å². The summed E-state index contributed by atoms with van der Waals surface area (Å²) in [5.74, 6) is 0. The van der Waals surface area contributed by atoms with Crippen molar-refractivity contribution in [1.82, 2.24) is 4.98 Å². The molecule has 0 aliphatic rings. The van der Waals surface area contributed by atoms with Crippen molar-refractivity contribution in [2.75, 3.05) is 0 Å². The molecule has 2 nitrogen and oxygen atoms in total. The number of rotatable bonds is 1. The Kier molecular flexibility index (Phi) is 4.96. The molecule has 0 spiro atoms. The second kappa shape index (κ2) is 6.14. The van der Waals surface area contributed by atoms with Crippen LogP contribution in [0.3, 0.4) is 0 Å². The maximum absolute atomic E-state index is 12.3. The first kappa shape index (κ1) is 17.8. The maximum atomic E-state index is 12.3. The highest BCUT2D eigenvalue weighted by Crippen LogP contribution is 2.36. The summed E-state index contributed by atoms with van der Waals surface area (Å²) >= 11 is 13.2. The first-order chi connectivity index (χ1) is 10.0. The van der Waals surface area contributed by atoms with E-state index in [0.29, 0.717) is 14.0 Å². The SMILES string of the molecule is Cc1cc(C(C)(C)C)c(Cl)cc1-c1[nH]c(C)c(Br)c(=O)c1Br. The Morgan fingerprint density at radius 1 is 1.09 bits per heavy atom. The molecule has 0 aliphatic heterocycles. The molecule has 1 aromatic heterocycles. The predicted molar refractivity (Wildman–Crippen MR) is 101 cm³/mol. The molecule has 1 aromatic carbocycles. The number of H-pyrrole nitrogens is 1. The molecule has 1 N–H and O–H groups in total. The molecule has 1 heterocycles. The molecule has 118 valence electrons. The molecule has 5 heteroatoms. The van der Waals surface area contributed by atoms with Crippen LogP contribution < -0.4 is 5.43 Å². The van der Waals surface area contributed by atoms with Gasteiger partial charge in [0.2, 0.25) is 5.43 Å². The van der Waals surface area contributed by atoms with Gasteiger partial charge in [0.15, 0.2) is 0 Å². The molecule has 2 aromatic rings. The van der Waals surface area contributed by atoms with E-state index in [1.807, 2.05) is 19.9 Å². The summed E-state index contributed by atoms with van der Waals surface area (Å²) in [5.41, 5.74) is 4.55. The fourth-order valence-electron chi connectivity index (χ4n) is 2.39. The predicted octanol–water partition coefficient (Wildman–Crippen LogP) is 6.13. The van der Waals surface area contributed by atoms with Crippen molar-refractivity contribution in [3.05, 3.63) is 53.1 Å². The lowest BCUT2D eigenvalue weighted by Crippen LogP contribution is -2.13. The van der Waals surface area contributed by atoms with Gasteiger partial charge in [-0.2, -0.15) is 0 Å². The summed E-state index contributed by atoms with van der Waals surface area (Å²) in [6.07, 6.45) is 0. The number of halogens is 3. The number of hydrogen-bond acceptors (Lipinski definition) is 1.